The lowest BCUT2D eigenvalue weighted by Gasteiger charge is -2.30. The maximum Gasteiger partial charge on any atom is 0.263 e. The summed E-state index contributed by atoms with van der Waals surface area (Å²) < 4.78 is 27.1. The van der Waals surface area contributed by atoms with Gasteiger partial charge in [-0.05, 0) is 30.5 Å². The Labute approximate surface area is 162 Å². The Morgan fingerprint density at radius 3 is 2.63 bits per heavy atom. The number of rotatable bonds is 8. The number of nitrogens with one attached hydrogen (secondary N) is 1. The van der Waals surface area contributed by atoms with Gasteiger partial charge in [-0.3, -0.25) is 14.5 Å². The number of hydrogen-bond acceptors (Lipinski definition) is 5. The quantitative estimate of drug-likeness (QED) is 0.700. The molecule has 1 aromatic carbocycles. The number of unbranched alkanes of at least 4 members (excludes halogenated alkanes) is 1. The number of benzene rings is 1. The third-order valence-corrected chi connectivity index (χ3v) is 6.05. The van der Waals surface area contributed by atoms with Gasteiger partial charge in [-0.2, -0.15) is 0 Å². The van der Waals surface area contributed by atoms with Gasteiger partial charge in [0.15, 0.2) is 0 Å². The number of fused-ring (bicyclic) bond motifs is 1. The Morgan fingerprint density at radius 1 is 1.33 bits per heavy atom. The predicted molar refractivity (Wildman–Crippen MR) is 107 cm³/mol. The Kier molecular flexibility index (Phi) is 6.64. The van der Waals surface area contributed by atoms with Gasteiger partial charge in [0.1, 0.15) is 11.9 Å². The number of carbonyl (C=O) groups excluding carboxylic acids is 1. The molecular formula is C19H30N4O3S. The highest BCUT2D eigenvalue weighted by atomic mass is 32.2. The van der Waals surface area contributed by atoms with Crippen molar-refractivity contribution in [2.45, 2.75) is 51.0 Å². The molecule has 1 aromatic rings. The van der Waals surface area contributed by atoms with E-state index in [0.717, 1.165) is 12.8 Å². The summed E-state index contributed by atoms with van der Waals surface area (Å²) in [6, 6.07) is 6.04. The van der Waals surface area contributed by atoms with Crippen LogP contribution in [0.2, 0.25) is 0 Å². The number of hydrogen-bond donors (Lipinski definition) is 2. The third kappa shape index (κ3) is 5.07. The molecule has 7 nitrogen and oxygen atoms in total. The topological polar surface area (TPSA) is 105 Å². The van der Waals surface area contributed by atoms with Crippen LogP contribution in [0, 0.1) is 5.41 Å². The number of nitrogens with zero attached hydrogens (tertiary/aromatic N) is 2. The number of amides is 1. The standard InChI is InChI=1S/C19H30N4O3S/c1-5-6-10-15(18(24)23(4)13-19(2,3)12-20)21-17-14-9-7-8-11-16(14)27(25,26)22-17/h7-9,11,15H,5-6,10,12-13,20H2,1-4H3,(H,21,22). The highest BCUT2D eigenvalue weighted by Crippen LogP contribution is 2.24. The van der Waals surface area contributed by atoms with E-state index in [0.29, 0.717) is 25.1 Å². The van der Waals surface area contributed by atoms with Crippen LogP contribution in [0.25, 0.3) is 0 Å². The van der Waals surface area contributed by atoms with E-state index in [1.165, 1.54) is 0 Å². The molecule has 1 aliphatic rings. The van der Waals surface area contributed by atoms with Crippen molar-refractivity contribution in [2.75, 3.05) is 20.1 Å². The molecule has 0 aliphatic carbocycles. The van der Waals surface area contributed by atoms with Crippen molar-refractivity contribution in [1.29, 1.82) is 0 Å². The summed E-state index contributed by atoms with van der Waals surface area (Å²) in [5, 5.41) is 0. The van der Waals surface area contributed by atoms with Gasteiger partial charge in [0.05, 0.1) is 4.90 Å². The van der Waals surface area contributed by atoms with Gasteiger partial charge in [0.2, 0.25) is 5.91 Å². The maximum absolute atomic E-state index is 13.0. The first-order valence-corrected chi connectivity index (χ1v) is 10.7. The average molecular weight is 395 g/mol. The van der Waals surface area contributed by atoms with Crippen molar-refractivity contribution in [3.05, 3.63) is 29.8 Å². The first kappa shape index (κ1) is 21.4. The minimum absolute atomic E-state index is 0.124. The van der Waals surface area contributed by atoms with E-state index in [1.54, 1.807) is 36.2 Å². The maximum atomic E-state index is 13.0. The second kappa shape index (κ2) is 8.39. The molecule has 0 fully saturated rings. The first-order chi connectivity index (χ1) is 12.6. The van der Waals surface area contributed by atoms with E-state index in [4.69, 9.17) is 5.73 Å². The van der Waals surface area contributed by atoms with Crippen LogP contribution in [0.15, 0.2) is 34.2 Å². The zero-order valence-corrected chi connectivity index (χ0v) is 17.3. The number of aliphatic imine (C=N–C) groups is 1. The van der Waals surface area contributed by atoms with Gasteiger partial charge in [-0.15, -0.1) is 0 Å². The number of carbonyl (C=O) groups is 1. The van der Waals surface area contributed by atoms with E-state index in [-0.39, 0.29) is 22.1 Å². The lowest BCUT2D eigenvalue weighted by Crippen LogP contribution is -2.44. The molecule has 1 heterocycles. The Morgan fingerprint density at radius 2 is 2.00 bits per heavy atom. The molecule has 0 aromatic heterocycles. The number of amidine groups is 1. The van der Waals surface area contributed by atoms with Crippen LogP contribution in [-0.2, 0) is 14.8 Å². The zero-order chi connectivity index (χ0) is 20.2. The van der Waals surface area contributed by atoms with Crippen LogP contribution in [0.4, 0.5) is 0 Å². The van der Waals surface area contributed by atoms with Crippen molar-refractivity contribution in [2.24, 2.45) is 16.1 Å². The van der Waals surface area contributed by atoms with Crippen molar-refractivity contribution in [3.8, 4) is 0 Å². The fourth-order valence-corrected chi connectivity index (χ4v) is 4.30. The smallest absolute Gasteiger partial charge is 0.263 e. The van der Waals surface area contributed by atoms with Crippen LogP contribution in [0.3, 0.4) is 0 Å². The van der Waals surface area contributed by atoms with Gasteiger partial charge in [-0.25, -0.2) is 8.42 Å². The van der Waals surface area contributed by atoms with E-state index >= 15 is 0 Å². The summed E-state index contributed by atoms with van der Waals surface area (Å²) in [5.41, 5.74) is 6.09. The lowest BCUT2D eigenvalue weighted by atomic mass is 9.93. The van der Waals surface area contributed by atoms with Crippen LogP contribution in [0.5, 0.6) is 0 Å². The van der Waals surface area contributed by atoms with Crippen LogP contribution < -0.4 is 10.5 Å². The van der Waals surface area contributed by atoms with Crippen molar-refractivity contribution in [3.63, 3.8) is 0 Å². The largest absolute Gasteiger partial charge is 0.343 e. The molecule has 3 N–H and O–H groups in total. The fourth-order valence-electron chi connectivity index (χ4n) is 3.07. The monoisotopic (exact) mass is 394 g/mol. The van der Waals surface area contributed by atoms with Crippen LogP contribution in [0.1, 0.15) is 45.6 Å². The Bertz CT molecular complexity index is 818. The SMILES string of the molecule is CCCCC(N=C1NS(=O)(=O)c2ccccc21)C(=O)N(C)CC(C)(C)CN. The molecule has 150 valence electrons. The summed E-state index contributed by atoms with van der Waals surface area (Å²) in [4.78, 5) is 19.4. The summed E-state index contributed by atoms with van der Waals surface area (Å²) in [6.45, 7) is 7.03. The van der Waals surface area contributed by atoms with Gasteiger partial charge in [0.25, 0.3) is 10.0 Å². The molecule has 27 heavy (non-hydrogen) atoms. The molecule has 0 bridgehead atoms. The zero-order valence-electron chi connectivity index (χ0n) is 16.5. The summed E-state index contributed by atoms with van der Waals surface area (Å²) in [5.74, 6) is 0.118. The number of nitrogens with two attached hydrogens (primary N) is 1. The van der Waals surface area contributed by atoms with Crippen molar-refractivity contribution >= 4 is 21.8 Å². The Hall–Kier alpha value is -1.93. The number of sulfonamides is 1. The molecule has 1 atom stereocenters. The van der Waals surface area contributed by atoms with Gasteiger partial charge < -0.3 is 10.6 Å². The fraction of sp³-hybridized carbons (Fsp3) is 0.579. The van der Waals surface area contributed by atoms with Crippen LogP contribution >= 0.6 is 0 Å². The van der Waals surface area contributed by atoms with Crippen molar-refractivity contribution in [1.82, 2.24) is 9.62 Å². The second-order valence-electron chi connectivity index (χ2n) is 7.80. The molecule has 0 saturated carbocycles. The normalized spacial score (nSPS) is 18.0. The molecule has 2 rings (SSSR count). The highest BCUT2D eigenvalue weighted by Gasteiger charge is 2.33. The van der Waals surface area contributed by atoms with E-state index < -0.39 is 16.1 Å². The van der Waals surface area contributed by atoms with E-state index in [1.807, 2.05) is 20.8 Å². The van der Waals surface area contributed by atoms with Crippen molar-refractivity contribution < 1.29 is 13.2 Å². The third-order valence-electron chi connectivity index (χ3n) is 4.66. The van der Waals surface area contributed by atoms with E-state index in [9.17, 15) is 13.2 Å². The van der Waals surface area contributed by atoms with Gasteiger partial charge in [-0.1, -0.05) is 45.7 Å². The minimum Gasteiger partial charge on any atom is -0.343 e. The highest BCUT2D eigenvalue weighted by molar-refractivity contribution is 7.90. The summed E-state index contributed by atoms with van der Waals surface area (Å²) in [7, 11) is -1.88. The molecule has 1 aliphatic heterocycles. The van der Waals surface area contributed by atoms with Crippen LogP contribution in [-0.4, -0.2) is 51.2 Å². The second-order valence-corrected chi connectivity index (χ2v) is 9.45. The Balaban J connectivity index is 2.32. The van der Waals surface area contributed by atoms with E-state index in [2.05, 4.69) is 9.71 Å². The lowest BCUT2D eigenvalue weighted by molar-refractivity contribution is -0.132. The molecule has 1 amide bonds. The first-order valence-electron chi connectivity index (χ1n) is 9.26. The molecule has 8 heteroatoms. The molecule has 1 unspecified atom stereocenters. The van der Waals surface area contributed by atoms with Gasteiger partial charge in [0, 0.05) is 19.2 Å². The van der Waals surface area contributed by atoms with Gasteiger partial charge >= 0.3 is 0 Å². The molecular weight excluding hydrogens is 364 g/mol. The minimum atomic E-state index is -3.62. The average Bonchev–Trinajstić information content (AvgIpc) is 2.88. The molecule has 0 spiro atoms. The molecule has 0 saturated heterocycles. The summed E-state index contributed by atoms with van der Waals surface area (Å²) >= 11 is 0. The predicted octanol–water partition coefficient (Wildman–Crippen LogP) is 1.73. The number of likely N-dealkylation sites (N-methyl/N-ethyl adjacent to an activating group) is 1. The summed E-state index contributed by atoms with van der Waals surface area (Å²) in [6.07, 6.45) is 2.32. The molecule has 0 radical (unpaired) electrons.